The summed E-state index contributed by atoms with van der Waals surface area (Å²) in [6, 6.07) is 9.13. The summed E-state index contributed by atoms with van der Waals surface area (Å²) in [4.78, 5) is 35.6. The molecule has 24 heavy (non-hydrogen) atoms. The Kier molecular flexibility index (Phi) is 9.14. The van der Waals surface area contributed by atoms with E-state index >= 15 is 0 Å². The molecule has 0 spiro atoms. The number of carbonyl (C=O) groups excluding carboxylic acids is 2. The average molecular weight is 337 g/mol. The number of nitrogens with zero attached hydrogens (tertiary/aromatic N) is 1. The first-order valence-corrected chi connectivity index (χ1v) is 7.80. The Balaban J connectivity index is 2.44. The molecule has 0 aliphatic rings. The Morgan fingerprint density at radius 1 is 1.00 bits per heavy atom. The van der Waals surface area contributed by atoms with Crippen molar-refractivity contribution in [2.24, 2.45) is 0 Å². The summed E-state index contributed by atoms with van der Waals surface area (Å²) in [5, 5.41) is 8.89. The minimum atomic E-state index is -1.13. The van der Waals surface area contributed by atoms with Crippen molar-refractivity contribution >= 4 is 17.9 Å². The fourth-order valence-corrected chi connectivity index (χ4v) is 1.88. The van der Waals surface area contributed by atoms with Crippen LogP contribution in [0.2, 0.25) is 0 Å². The smallest absolute Gasteiger partial charge is 0.320 e. The van der Waals surface area contributed by atoms with Gasteiger partial charge in [-0.2, -0.15) is 0 Å². The third kappa shape index (κ3) is 8.89. The van der Waals surface area contributed by atoms with Gasteiger partial charge in [0.1, 0.15) is 6.61 Å². The molecule has 7 nitrogen and oxygen atoms in total. The third-order valence-electron chi connectivity index (χ3n) is 3.07. The molecule has 1 N–H and O–H groups in total. The van der Waals surface area contributed by atoms with E-state index in [0.717, 1.165) is 18.4 Å². The summed E-state index contributed by atoms with van der Waals surface area (Å²) in [6.45, 7) is 1.35. The van der Waals surface area contributed by atoms with Gasteiger partial charge in [-0.3, -0.25) is 19.3 Å². The van der Waals surface area contributed by atoms with Gasteiger partial charge in [-0.1, -0.05) is 43.7 Å². The van der Waals surface area contributed by atoms with E-state index in [9.17, 15) is 14.4 Å². The lowest BCUT2D eigenvalue weighted by Gasteiger charge is -2.18. The quantitative estimate of drug-likeness (QED) is 0.482. The van der Waals surface area contributed by atoms with Gasteiger partial charge in [-0.05, 0) is 12.0 Å². The summed E-state index contributed by atoms with van der Waals surface area (Å²) in [7, 11) is 0. The van der Waals surface area contributed by atoms with Crippen molar-refractivity contribution in [1.82, 2.24) is 4.90 Å². The van der Waals surface area contributed by atoms with Crippen LogP contribution in [-0.4, -0.2) is 54.2 Å². The topological polar surface area (TPSA) is 93.1 Å². The highest BCUT2D eigenvalue weighted by Crippen LogP contribution is 2.02. The predicted octanol–water partition coefficient (Wildman–Crippen LogP) is 1.46. The minimum Gasteiger partial charge on any atom is -0.480 e. The maximum atomic E-state index is 11.8. The molecule has 0 saturated heterocycles. The number of rotatable bonds is 11. The van der Waals surface area contributed by atoms with E-state index in [1.165, 1.54) is 4.90 Å². The molecule has 0 radical (unpaired) electrons. The van der Waals surface area contributed by atoms with Crippen LogP contribution < -0.4 is 0 Å². The van der Waals surface area contributed by atoms with Gasteiger partial charge in [0.2, 0.25) is 0 Å². The van der Waals surface area contributed by atoms with Crippen molar-refractivity contribution in [2.75, 3.05) is 26.2 Å². The summed E-state index contributed by atoms with van der Waals surface area (Å²) in [6.07, 6.45) is 1.63. The summed E-state index contributed by atoms with van der Waals surface area (Å²) < 4.78 is 10.1. The number of esters is 2. The van der Waals surface area contributed by atoms with E-state index in [2.05, 4.69) is 0 Å². The van der Waals surface area contributed by atoms with Crippen LogP contribution in [0, 0.1) is 0 Å². The number of unbranched alkanes of at least 4 members (excludes halogenated alkanes) is 1. The van der Waals surface area contributed by atoms with Crippen molar-refractivity contribution in [1.29, 1.82) is 0 Å². The molecule has 132 valence electrons. The normalized spacial score (nSPS) is 10.4. The molecule has 0 heterocycles. The van der Waals surface area contributed by atoms with Crippen molar-refractivity contribution in [2.45, 2.75) is 26.4 Å². The fourth-order valence-electron chi connectivity index (χ4n) is 1.88. The van der Waals surface area contributed by atoms with Gasteiger partial charge in [0.25, 0.3) is 0 Å². The Morgan fingerprint density at radius 3 is 2.21 bits per heavy atom. The van der Waals surface area contributed by atoms with E-state index < -0.39 is 24.5 Å². The minimum absolute atomic E-state index is 0.0987. The lowest BCUT2D eigenvalue weighted by Crippen LogP contribution is -2.39. The number of hydrogen-bond donors (Lipinski definition) is 1. The molecule has 0 amide bonds. The zero-order valence-electron chi connectivity index (χ0n) is 13.8. The zero-order chi connectivity index (χ0) is 17.8. The number of carboxylic acids is 1. The van der Waals surface area contributed by atoms with E-state index in [4.69, 9.17) is 14.6 Å². The molecular formula is C17H23NO6. The molecule has 0 saturated carbocycles. The zero-order valence-corrected chi connectivity index (χ0v) is 13.8. The molecule has 0 aliphatic heterocycles. The van der Waals surface area contributed by atoms with Crippen LogP contribution in [0.4, 0.5) is 0 Å². The molecule has 1 aromatic carbocycles. The Bertz CT molecular complexity index is 531. The Morgan fingerprint density at radius 2 is 1.62 bits per heavy atom. The highest BCUT2D eigenvalue weighted by atomic mass is 16.5. The van der Waals surface area contributed by atoms with Crippen LogP contribution in [0.3, 0.4) is 0 Å². The van der Waals surface area contributed by atoms with Crippen molar-refractivity contribution in [3.05, 3.63) is 35.9 Å². The van der Waals surface area contributed by atoms with Gasteiger partial charge < -0.3 is 14.6 Å². The molecule has 1 rings (SSSR count). The summed E-state index contributed by atoms with van der Waals surface area (Å²) in [5.74, 6) is -2.28. The highest BCUT2D eigenvalue weighted by Gasteiger charge is 2.19. The lowest BCUT2D eigenvalue weighted by atomic mass is 10.2. The number of benzene rings is 1. The maximum Gasteiger partial charge on any atom is 0.320 e. The first kappa shape index (κ1) is 19.6. The van der Waals surface area contributed by atoms with Crippen LogP contribution in [0.1, 0.15) is 25.3 Å². The lowest BCUT2D eigenvalue weighted by molar-refractivity contribution is -0.151. The van der Waals surface area contributed by atoms with Crippen LogP contribution >= 0.6 is 0 Å². The Labute approximate surface area is 141 Å². The number of carboxylic acid groups (broad SMARTS) is 1. The van der Waals surface area contributed by atoms with Crippen molar-refractivity contribution in [3.8, 4) is 0 Å². The summed E-state index contributed by atoms with van der Waals surface area (Å²) >= 11 is 0. The molecule has 0 atom stereocenters. The van der Waals surface area contributed by atoms with Crippen molar-refractivity contribution < 1.29 is 29.0 Å². The maximum absolute atomic E-state index is 11.8. The summed E-state index contributed by atoms with van der Waals surface area (Å²) in [5.41, 5.74) is 0.828. The molecule has 0 unspecified atom stereocenters. The van der Waals surface area contributed by atoms with Gasteiger partial charge in [0.05, 0.1) is 26.2 Å². The second-order valence-corrected chi connectivity index (χ2v) is 5.26. The standard InChI is InChI=1S/C17H23NO6/c1-2-3-9-23-16(21)11-18(10-15(19)20)12-17(22)24-13-14-7-5-4-6-8-14/h4-8H,2-3,9-13H2,1H3,(H,19,20). The number of aliphatic carboxylic acids is 1. The molecule has 0 fully saturated rings. The molecule has 0 aromatic heterocycles. The largest absolute Gasteiger partial charge is 0.480 e. The van der Waals surface area contributed by atoms with Gasteiger partial charge in [0.15, 0.2) is 0 Å². The van der Waals surface area contributed by atoms with Crippen LogP contribution in [0.15, 0.2) is 30.3 Å². The molecule has 0 bridgehead atoms. The molecule has 0 aliphatic carbocycles. The molecule has 7 heteroatoms. The Hall–Kier alpha value is -2.41. The monoisotopic (exact) mass is 337 g/mol. The van der Waals surface area contributed by atoms with Crippen molar-refractivity contribution in [3.63, 3.8) is 0 Å². The third-order valence-corrected chi connectivity index (χ3v) is 3.07. The van der Waals surface area contributed by atoms with Crippen LogP contribution in [0.5, 0.6) is 0 Å². The number of ether oxygens (including phenoxy) is 2. The second kappa shape index (κ2) is 11.2. The van der Waals surface area contributed by atoms with E-state index in [1.54, 1.807) is 0 Å². The van der Waals surface area contributed by atoms with Gasteiger partial charge in [-0.25, -0.2) is 0 Å². The predicted molar refractivity (Wildman–Crippen MR) is 86.2 cm³/mol. The first-order chi connectivity index (χ1) is 11.5. The van der Waals surface area contributed by atoms with Crippen LogP contribution in [-0.2, 0) is 30.5 Å². The van der Waals surface area contributed by atoms with E-state index in [0.29, 0.717) is 0 Å². The first-order valence-electron chi connectivity index (χ1n) is 7.80. The number of hydrogen-bond acceptors (Lipinski definition) is 6. The van der Waals surface area contributed by atoms with E-state index in [1.807, 2.05) is 37.3 Å². The highest BCUT2D eigenvalue weighted by molar-refractivity contribution is 5.77. The SMILES string of the molecule is CCCCOC(=O)CN(CC(=O)O)CC(=O)OCc1ccccc1. The van der Waals surface area contributed by atoms with Crippen LogP contribution in [0.25, 0.3) is 0 Å². The second-order valence-electron chi connectivity index (χ2n) is 5.26. The molecular weight excluding hydrogens is 314 g/mol. The molecule has 1 aromatic rings. The van der Waals surface area contributed by atoms with Gasteiger partial charge in [-0.15, -0.1) is 0 Å². The fraction of sp³-hybridized carbons (Fsp3) is 0.471. The van der Waals surface area contributed by atoms with Gasteiger partial charge >= 0.3 is 17.9 Å². The average Bonchev–Trinajstić information content (AvgIpc) is 2.53. The number of carbonyl (C=O) groups is 3. The van der Waals surface area contributed by atoms with E-state index in [-0.39, 0.29) is 26.3 Å². The van der Waals surface area contributed by atoms with Gasteiger partial charge in [0, 0.05) is 0 Å².